The van der Waals surface area contributed by atoms with Crippen LogP contribution in [0.5, 0.6) is 0 Å². The molecule has 12 aromatic rings. The molecule has 13 rings (SSSR count). The highest BCUT2D eigenvalue weighted by atomic mass is 15.1. The fourth-order valence-corrected chi connectivity index (χ4v) is 13.4. The van der Waals surface area contributed by atoms with Crippen molar-refractivity contribution in [2.75, 3.05) is 0 Å². The van der Waals surface area contributed by atoms with E-state index in [1.165, 1.54) is 77.2 Å². The standard InChI is InChI=1S/C82H85N5/c1-77(2,3)49-31-37-56-61(43-49)62-44-50(78(4,5)6)32-38-57(62)73(56)55-25-19-20-26-58(55)74-83-75(59-27-21-23-29-67(59)86-69-39-33-51(79(7,8)9)45-63(69)64-46-52(80(10,11)12)34-40-70(64)86)85-76(84-74)60-28-22-24-30-68(60)87-71-41-35-53(81(13,14)15)47-65(71)66-48-54(82(16,17)18)36-42-72(66)87/h19-48,73H,1-18H3. The predicted octanol–water partition coefficient (Wildman–Crippen LogP) is 22.0. The van der Waals surface area contributed by atoms with Crippen LogP contribution in [0.15, 0.2) is 182 Å². The van der Waals surface area contributed by atoms with E-state index in [-0.39, 0.29) is 38.4 Å². The SMILES string of the molecule is CC(C)(C)c1ccc2c(c1)-c1cc(C(C)(C)C)ccc1C2c1ccccc1-c1nc(-c2ccccc2-n2c3ccc(C(C)(C)C)cc3c3cc(C(C)(C)C)ccc32)nc(-c2ccccc2-n2c3ccc(C(C)(C)C)cc3c3cc(C(C)(C)C)ccc32)n1. The predicted molar refractivity (Wildman–Crippen MR) is 370 cm³/mol. The molecule has 0 saturated carbocycles. The highest BCUT2D eigenvalue weighted by molar-refractivity contribution is 6.11. The molecule has 0 spiro atoms. The fourth-order valence-electron chi connectivity index (χ4n) is 13.4. The Hall–Kier alpha value is -8.41. The molecule has 0 radical (unpaired) electrons. The number of fused-ring (bicyclic) bond motifs is 9. The Bertz CT molecular complexity index is 4330. The van der Waals surface area contributed by atoms with Crippen LogP contribution >= 0.6 is 0 Å². The second-order valence-electron chi connectivity index (χ2n) is 31.1. The molecule has 0 unspecified atom stereocenters. The lowest BCUT2D eigenvalue weighted by molar-refractivity contribution is 0.589. The molecule has 0 N–H and O–H groups in total. The van der Waals surface area contributed by atoms with Crippen LogP contribution in [-0.2, 0) is 32.5 Å². The molecule has 5 heteroatoms. The van der Waals surface area contributed by atoms with Crippen LogP contribution < -0.4 is 0 Å². The Kier molecular flexibility index (Phi) is 13.3. The summed E-state index contributed by atoms with van der Waals surface area (Å²) in [5.41, 5.74) is 23.4. The maximum Gasteiger partial charge on any atom is 0.166 e. The van der Waals surface area contributed by atoms with Gasteiger partial charge in [-0.15, -0.1) is 0 Å². The first kappa shape index (κ1) is 57.7. The minimum Gasteiger partial charge on any atom is -0.309 e. The summed E-state index contributed by atoms with van der Waals surface area (Å²) in [7, 11) is 0. The average molecular weight is 1140 g/mol. The molecule has 0 atom stereocenters. The van der Waals surface area contributed by atoms with Gasteiger partial charge in [0, 0.05) is 44.2 Å². The molecule has 0 fully saturated rings. The zero-order valence-electron chi connectivity index (χ0n) is 54.6. The third-order valence-corrected chi connectivity index (χ3v) is 18.7. The van der Waals surface area contributed by atoms with Crippen molar-refractivity contribution in [1.82, 2.24) is 24.1 Å². The first-order valence-corrected chi connectivity index (χ1v) is 31.5. The molecule has 1 aliphatic carbocycles. The number of aromatic nitrogens is 5. The van der Waals surface area contributed by atoms with Gasteiger partial charge in [0.05, 0.1) is 33.4 Å². The Morgan fingerprint density at radius 2 is 0.506 bits per heavy atom. The van der Waals surface area contributed by atoms with E-state index in [2.05, 4.69) is 316 Å². The number of rotatable bonds is 6. The number of hydrogen-bond donors (Lipinski definition) is 0. The highest BCUT2D eigenvalue weighted by Crippen LogP contribution is 2.52. The molecule has 0 aliphatic heterocycles. The lowest BCUT2D eigenvalue weighted by Gasteiger charge is -2.22. The smallest absolute Gasteiger partial charge is 0.166 e. The van der Waals surface area contributed by atoms with E-state index in [1.54, 1.807) is 0 Å². The van der Waals surface area contributed by atoms with Gasteiger partial charge in [-0.25, -0.2) is 15.0 Å². The minimum absolute atomic E-state index is 0.0228. The van der Waals surface area contributed by atoms with Crippen LogP contribution in [0.2, 0.25) is 0 Å². The number of hydrogen-bond acceptors (Lipinski definition) is 3. The van der Waals surface area contributed by atoms with Crippen molar-refractivity contribution < 1.29 is 0 Å². The molecular formula is C82H85N5. The quantitative estimate of drug-likeness (QED) is 0.167. The van der Waals surface area contributed by atoms with Crippen LogP contribution in [0.3, 0.4) is 0 Å². The molecule has 87 heavy (non-hydrogen) atoms. The minimum atomic E-state index is -0.0698. The fraction of sp³-hybridized carbons (Fsp3) is 0.305. The van der Waals surface area contributed by atoms with E-state index >= 15 is 0 Å². The third-order valence-electron chi connectivity index (χ3n) is 18.7. The molecule has 1 aliphatic rings. The van der Waals surface area contributed by atoms with Gasteiger partial charge in [-0.1, -0.05) is 234 Å². The summed E-state index contributed by atoms with van der Waals surface area (Å²) in [5.74, 6) is 1.76. The lowest BCUT2D eigenvalue weighted by atomic mass is 9.82. The van der Waals surface area contributed by atoms with Crippen LogP contribution in [0, 0.1) is 0 Å². The molecule has 438 valence electrons. The van der Waals surface area contributed by atoms with Gasteiger partial charge < -0.3 is 9.13 Å². The second-order valence-corrected chi connectivity index (χ2v) is 31.1. The summed E-state index contributed by atoms with van der Waals surface area (Å²) in [5, 5.41) is 4.93. The summed E-state index contributed by atoms with van der Waals surface area (Å²) < 4.78 is 4.90. The summed E-state index contributed by atoms with van der Waals surface area (Å²) >= 11 is 0. The van der Waals surface area contributed by atoms with Crippen molar-refractivity contribution in [3.05, 3.63) is 232 Å². The monoisotopic (exact) mass is 1140 g/mol. The largest absolute Gasteiger partial charge is 0.309 e. The number of benzene rings is 9. The van der Waals surface area contributed by atoms with Crippen LogP contribution in [0.1, 0.15) is 181 Å². The lowest BCUT2D eigenvalue weighted by Crippen LogP contribution is -2.11. The van der Waals surface area contributed by atoms with Crippen molar-refractivity contribution >= 4 is 43.6 Å². The normalized spacial score (nSPS) is 13.6. The van der Waals surface area contributed by atoms with Crippen molar-refractivity contribution in [2.45, 2.75) is 163 Å². The van der Waals surface area contributed by atoms with E-state index in [0.29, 0.717) is 17.5 Å². The molecule has 9 aromatic carbocycles. The van der Waals surface area contributed by atoms with Gasteiger partial charge in [0.1, 0.15) is 0 Å². The van der Waals surface area contributed by atoms with Crippen molar-refractivity contribution in [3.8, 4) is 56.7 Å². The van der Waals surface area contributed by atoms with E-state index in [1.807, 2.05) is 0 Å². The first-order valence-electron chi connectivity index (χ1n) is 31.5. The zero-order chi connectivity index (χ0) is 61.7. The van der Waals surface area contributed by atoms with E-state index in [9.17, 15) is 0 Å². The molecule has 0 saturated heterocycles. The molecule has 5 nitrogen and oxygen atoms in total. The Morgan fingerprint density at radius 1 is 0.253 bits per heavy atom. The molecule has 3 aromatic heterocycles. The van der Waals surface area contributed by atoms with Crippen LogP contribution in [-0.4, -0.2) is 24.1 Å². The van der Waals surface area contributed by atoms with Gasteiger partial charge >= 0.3 is 0 Å². The Labute approximate surface area is 516 Å². The van der Waals surface area contributed by atoms with Crippen molar-refractivity contribution in [2.24, 2.45) is 0 Å². The van der Waals surface area contributed by atoms with Gasteiger partial charge in [0.15, 0.2) is 17.5 Å². The van der Waals surface area contributed by atoms with Gasteiger partial charge in [-0.05, 0) is 166 Å². The van der Waals surface area contributed by atoms with Crippen LogP contribution in [0.25, 0.3) is 100 Å². The van der Waals surface area contributed by atoms with Gasteiger partial charge in [0.2, 0.25) is 0 Å². The topological polar surface area (TPSA) is 48.5 Å². The second kappa shape index (κ2) is 20.1. The molecule has 3 heterocycles. The third kappa shape index (κ3) is 10.00. The molecule has 0 amide bonds. The average Bonchev–Trinajstić information content (AvgIpc) is 1.65. The molecular weight excluding hydrogens is 1050 g/mol. The van der Waals surface area contributed by atoms with Crippen molar-refractivity contribution in [3.63, 3.8) is 0 Å². The Morgan fingerprint density at radius 3 is 0.828 bits per heavy atom. The van der Waals surface area contributed by atoms with E-state index < -0.39 is 0 Å². The molecule has 0 bridgehead atoms. The van der Waals surface area contributed by atoms with Gasteiger partial charge in [-0.3, -0.25) is 0 Å². The summed E-state index contributed by atoms with van der Waals surface area (Å²) in [4.78, 5) is 17.3. The van der Waals surface area contributed by atoms with Crippen molar-refractivity contribution in [1.29, 1.82) is 0 Å². The maximum atomic E-state index is 5.77. The summed E-state index contributed by atoms with van der Waals surface area (Å²) in [6, 6.07) is 69.0. The number of nitrogens with zero attached hydrogens (tertiary/aromatic N) is 5. The van der Waals surface area contributed by atoms with E-state index in [0.717, 1.165) is 55.7 Å². The number of para-hydroxylation sites is 2. The van der Waals surface area contributed by atoms with Gasteiger partial charge in [-0.2, -0.15) is 0 Å². The van der Waals surface area contributed by atoms with E-state index in [4.69, 9.17) is 15.0 Å². The maximum absolute atomic E-state index is 5.77. The summed E-state index contributed by atoms with van der Waals surface area (Å²) in [6.07, 6.45) is 0. The first-order chi connectivity index (χ1) is 40.9. The van der Waals surface area contributed by atoms with Crippen LogP contribution in [0.4, 0.5) is 0 Å². The van der Waals surface area contributed by atoms with Gasteiger partial charge in [0.25, 0.3) is 0 Å². The summed E-state index contributed by atoms with van der Waals surface area (Å²) in [6.45, 7) is 41.5. The Balaban J connectivity index is 1.10. The highest BCUT2D eigenvalue weighted by Gasteiger charge is 2.35. The zero-order valence-corrected chi connectivity index (χ0v) is 54.6.